The zero-order chi connectivity index (χ0) is 29.2. The van der Waals surface area contributed by atoms with Crippen molar-refractivity contribution in [1.82, 2.24) is 5.32 Å². The normalized spacial score (nSPS) is 11.7. The van der Waals surface area contributed by atoms with Crippen LogP contribution in [0.5, 0.6) is 11.5 Å². The zero-order valence-electron chi connectivity index (χ0n) is 22.7. The molecule has 1 heterocycles. The molecule has 0 aliphatic heterocycles. The van der Waals surface area contributed by atoms with Gasteiger partial charge in [0.25, 0.3) is 11.8 Å². The highest BCUT2D eigenvalue weighted by atomic mass is 32.2. The lowest BCUT2D eigenvalue weighted by Gasteiger charge is -2.14. The van der Waals surface area contributed by atoms with Gasteiger partial charge < -0.3 is 25.4 Å². The van der Waals surface area contributed by atoms with E-state index in [1.165, 1.54) is 23.1 Å². The summed E-state index contributed by atoms with van der Waals surface area (Å²) in [7, 11) is 3.10. The Morgan fingerprint density at radius 2 is 1.51 bits per heavy atom. The van der Waals surface area contributed by atoms with E-state index < -0.39 is 11.2 Å². The van der Waals surface area contributed by atoms with Gasteiger partial charge >= 0.3 is 0 Å². The average molecular weight is 588 g/mol. The summed E-state index contributed by atoms with van der Waals surface area (Å²) in [5, 5.41) is 9.95. The number of ether oxygens (including phenoxy) is 2. The molecule has 1 unspecified atom stereocenters. The molecule has 10 heteroatoms. The number of hydrogen-bond donors (Lipinski definition) is 3. The smallest absolute Gasteiger partial charge is 0.272 e. The highest BCUT2D eigenvalue weighted by Gasteiger charge is 2.17. The first-order valence-corrected chi connectivity index (χ1v) is 14.3. The number of carbonyl (C=O) groups excluding carboxylic acids is 3. The Hall–Kier alpha value is -4.54. The summed E-state index contributed by atoms with van der Waals surface area (Å²) in [4.78, 5) is 40.4. The van der Waals surface area contributed by atoms with E-state index >= 15 is 0 Å². The molecule has 1 aromatic heterocycles. The van der Waals surface area contributed by atoms with Crippen LogP contribution in [0.25, 0.3) is 6.08 Å². The SMILES string of the molecule is COc1cc(NC(=O)C(C)Sc2ccc(NC(=O)/C(=C/c3cccs3)NC(=O)c3ccccc3)cc2)cc(OC)c1. The van der Waals surface area contributed by atoms with E-state index in [4.69, 9.17) is 9.47 Å². The van der Waals surface area contributed by atoms with Gasteiger partial charge in [0.2, 0.25) is 5.91 Å². The minimum Gasteiger partial charge on any atom is -0.497 e. The van der Waals surface area contributed by atoms with Gasteiger partial charge in [0, 0.05) is 44.9 Å². The zero-order valence-corrected chi connectivity index (χ0v) is 24.3. The minimum atomic E-state index is -0.454. The monoisotopic (exact) mass is 587 g/mol. The Bertz CT molecular complexity index is 1500. The van der Waals surface area contributed by atoms with Crippen LogP contribution in [0.4, 0.5) is 11.4 Å². The lowest BCUT2D eigenvalue weighted by molar-refractivity contribution is -0.115. The number of methoxy groups -OCH3 is 2. The number of anilines is 2. The quantitative estimate of drug-likeness (QED) is 0.141. The molecule has 4 rings (SSSR count). The number of hydrogen-bond acceptors (Lipinski definition) is 7. The summed E-state index contributed by atoms with van der Waals surface area (Å²) in [6.45, 7) is 1.81. The topological polar surface area (TPSA) is 106 Å². The number of benzene rings is 3. The first kappa shape index (κ1) is 29.4. The number of amides is 3. The van der Waals surface area contributed by atoms with Crippen LogP contribution in [0.2, 0.25) is 0 Å². The van der Waals surface area contributed by atoms with Crippen molar-refractivity contribution in [3.8, 4) is 11.5 Å². The highest BCUT2D eigenvalue weighted by Crippen LogP contribution is 2.29. The molecular formula is C31H29N3O5S2. The van der Waals surface area contributed by atoms with Gasteiger partial charge in [-0.05, 0) is 60.8 Å². The Morgan fingerprint density at radius 1 is 0.829 bits per heavy atom. The second-order valence-electron chi connectivity index (χ2n) is 8.72. The van der Waals surface area contributed by atoms with Crippen molar-refractivity contribution in [3.63, 3.8) is 0 Å². The van der Waals surface area contributed by atoms with Crippen molar-refractivity contribution in [3.05, 3.63) is 106 Å². The van der Waals surface area contributed by atoms with Gasteiger partial charge in [0.15, 0.2) is 0 Å². The fourth-order valence-electron chi connectivity index (χ4n) is 3.65. The summed E-state index contributed by atoms with van der Waals surface area (Å²) in [6, 6.07) is 24.8. The van der Waals surface area contributed by atoms with Crippen LogP contribution in [-0.2, 0) is 9.59 Å². The molecule has 0 saturated carbocycles. The van der Waals surface area contributed by atoms with Crippen molar-refractivity contribution in [2.24, 2.45) is 0 Å². The van der Waals surface area contributed by atoms with Crippen molar-refractivity contribution in [1.29, 1.82) is 0 Å². The van der Waals surface area contributed by atoms with Gasteiger partial charge in [-0.1, -0.05) is 24.3 Å². The van der Waals surface area contributed by atoms with Crippen LogP contribution in [0.15, 0.2) is 101 Å². The molecule has 4 aromatic rings. The van der Waals surface area contributed by atoms with Crippen LogP contribution in [-0.4, -0.2) is 37.2 Å². The molecule has 3 amide bonds. The molecule has 3 aromatic carbocycles. The molecular weight excluding hydrogens is 558 g/mol. The first-order chi connectivity index (χ1) is 19.8. The standard InChI is InChI=1S/C31H29N3O5S2/c1-20(29(35)33-23-16-24(38-2)18-25(17-23)39-3)41-26-13-11-22(12-14-26)32-31(37)28(19-27-10-7-15-40-27)34-30(36)21-8-5-4-6-9-21/h4-20H,1-3H3,(H,32,37)(H,33,35)(H,34,36)/b28-19-. The first-order valence-electron chi connectivity index (χ1n) is 12.6. The summed E-state index contributed by atoms with van der Waals surface area (Å²) in [5.41, 5.74) is 1.69. The second-order valence-corrected chi connectivity index (χ2v) is 11.1. The maximum atomic E-state index is 13.2. The molecule has 0 aliphatic rings. The predicted octanol–water partition coefficient (Wildman–Crippen LogP) is 6.29. The van der Waals surface area contributed by atoms with E-state index in [0.29, 0.717) is 28.4 Å². The van der Waals surface area contributed by atoms with Crippen LogP contribution in [0, 0.1) is 0 Å². The molecule has 0 spiro atoms. The molecule has 0 bridgehead atoms. The van der Waals surface area contributed by atoms with Crippen molar-refractivity contribution in [2.45, 2.75) is 17.1 Å². The number of thiophene rings is 1. The lowest BCUT2D eigenvalue weighted by atomic mass is 10.2. The second kappa shape index (κ2) is 14.2. The number of nitrogens with one attached hydrogen (secondary N) is 3. The largest absolute Gasteiger partial charge is 0.497 e. The van der Waals surface area contributed by atoms with Crippen LogP contribution >= 0.6 is 23.1 Å². The van der Waals surface area contributed by atoms with Crippen LogP contribution in [0.3, 0.4) is 0 Å². The summed E-state index contributed by atoms with van der Waals surface area (Å²) in [5.74, 6) is 0.135. The minimum absolute atomic E-state index is 0.124. The van der Waals surface area contributed by atoms with E-state index in [2.05, 4.69) is 16.0 Å². The van der Waals surface area contributed by atoms with Crippen molar-refractivity contribution < 1.29 is 23.9 Å². The number of thioether (sulfide) groups is 1. The van der Waals surface area contributed by atoms with Crippen molar-refractivity contribution >= 4 is 58.3 Å². The Labute approximate surface area is 246 Å². The average Bonchev–Trinajstić information content (AvgIpc) is 3.51. The third kappa shape index (κ3) is 8.47. The van der Waals surface area contributed by atoms with Gasteiger partial charge in [-0.25, -0.2) is 0 Å². The van der Waals surface area contributed by atoms with Gasteiger partial charge in [-0.15, -0.1) is 23.1 Å². The summed E-state index contributed by atoms with van der Waals surface area (Å²) < 4.78 is 10.5. The number of rotatable bonds is 11. The Balaban J connectivity index is 1.39. The lowest BCUT2D eigenvalue weighted by Crippen LogP contribution is -2.30. The summed E-state index contributed by atoms with van der Waals surface area (Å²) in [6.07, 6.45) is 1.64. The maximum absolute atomic E-state index is 13.2. The van der Waals surface area contributed by atoms with E-state index in [1.54, 1.807) is 74.9 Å². The van der Waals surface area contributed by atoms with E-state index in [-0.39, 0.29) is 17.5 Å². The van der Waals surface area contributed by atoms with E-state index in [1.807, 2.05) is 42.6 Å². The van der Waals surface area contributed by atoms with Gasteiger partial charge in [-0.3, -0.25) is 14.4 Å². The molecule has 0 radical (unpaired) electrons. The van der Waals surface area contributed by atoms with Gasteiger partial charge in [-0.2, -0.15) is 0 Å². The molecule has 210 valence electrons. The predicted molar refractivity (Wildman–Crippen MR) is 165 cm³/mol. The fourth-order valence-corrected chi connectivity index (χ4v) is 5.18. The Kier molecular flexibility index (Phi) is 10.2. The Morgan fingerprint density at radius 3 is 2.12 bits per heavy atom. The molecule has 0 aliphatic carbocycles. The van der Waals surface area contributed by atoms with E-state index in [9.17, 15) is 14.4 Å². The molecule has 41 heavy (non-hydrogen) atoms. The van der Waals surface area contributed by atoms with Crippen LogP contribution < -0.4 is 25.4 Å². The molecule has 3 N–H and O–H groups in total. The fraction of sp³-hybridized carbons (Fsp3) is 0.129. The maximum Gasteiger partial charge on any atom is 0.272 e. The van der Waals surface area contributed by atoms with E-state index in [0.717, 1.165) is 9.77 Å². The van der Waals surface area contributed by atoms with Crippen LogP contribution in [0.1, 0.15) is 22.2 Å². The molecule has 0 fully saturated rings. The van der Waals surface area contributed by atoms with Gasteiger partial charge in [0.05, 0.1) is 19.5 Å². The summed E-state index contributed by atoms with van der Waals surface area (Å²) >= 11 is 2.84. The number of carbonyl (C=O) groups is 3. The third-order valence-electron chi connectivity index (χ3n) is 5.77. The highest BCUT2D eigenvalue weighted by molar-refractivity contribution is 8.00. The molecule has 1 atom stereocenters. The van der Waals surface area contributed by atoms with Gasteiger partial charge in [0.1, 0.15) is 17.2 Å². The molecule has 8 nitrogen and oxygen atoms in total. The third-order valence-corrected chi connectivity index (χ3v) is 7.70. The van der Waals surface area contributed by atoms with Crippen molar-refractivity contribution in [2.75, 3.05) is 24.9 Å². The molecule has 0 saturated heterocycles.